The van der Waals surface area contributed by atoms with Crippen LogP contribution in [0.25, 0.3) is 22.5 Å². The van der Waals surface area contributed by atoms with Crippen LogP contribution in [0.2, 0.25) is 5.02 Å². The number of nitrogens with zero attached hydrogens (tertiary/aromatic N) is 1. The summed E-state index contributed by atoms with van der Waals surface area (Å²) >= 11 is 6.23. The lowest BCUT2D eigenvalue weighted by molar-refractivity contribution is -0.137. The maximum absolute atomic E-state index is 12.7. The van der Waals surface area contributed by atoms with Gasteiger partial charge in [0.15, 0.2) is 5.76 Å². The number of aliphatic carboxylic acids is 1. The molecule has 8 heteroatoms. The molecule has 0 aliphatic carbocycles. The summed E-state index contributed by atoms with van der Waals surface area (Å²) in [6.07, 6.45) is -1.21. The second-order valence-corrected chi connectivity index (χ2v) is 9.95. The molecule has 2 atom stereocenters. The van der Waals surface area contributed by atoms with E-state index >= 15 is 0 Å². The van der Waals surface area contributed by atoms with Crippen LogP contribution in [0.1, 0.15) is 41.3 Å². The number of hydrogen-bond acceptors (Lipinski definition) is 5. The molecule has 0 saturated carbocycles. The van der Waals surface area contributed by atoms with Crippen molar-refractivity contribution in [1.29, 1.82) is 0 Å². The number of nitrogens with one attached hydrogen (secondary N) is 1. The van der Waals surface area contributed by atoms with Crippen LogP contribution in [0.4, 0.5) is 10.5 Å². The molecule has 0 saturated heterocycles. The number of amides is 1. The van der Waals surface area contributed by atoms with Crippen LogP contribution in [0.3, 0.4) is 0 Å². The van der Waals surface area contributed by atoms with E-state index in [2.05, 4.69) is 10.5 Å². The van der Waals surface area contributed by atoms with E-state index in [1.807, 2.05) is 91.0 Å². The normalized spacial score (nSPS) is 12.4. The molecule has 2 N–H and O–H groups in total. The van der Waals surface area contributed by atoms with Gasteiger partial charge in [-0.05, 0) is 42.2 Å². The molecular weight excluding hydrogens is 540 g/mol. The van der Waals surface area contributed by atoms with E-state index in [1.165, 1.54) is 0 Å². The number of aromatic nitrogens is 1. The first-order valence-corrected chi connectivity index (χ1v) is 13.4. The number of carboxylic acid groups (broad SMARTS) is 1. The number of ether oxygens (including phenoxy) is 1. The molecule has 0 aliphatic rings. The van der Waals surface area contributed by atoms with E-state index in [1.54, 1.807) is 26.0 Å². The molecule has 0 radical (unpaired) electrons. The lowest BCUT2D eigenvalue weighted by atomic mass is 9.90. The van der Waals surface area contributed by atoms with E-state index in [4.69, 9.17) is 20.9 Å². The van der Waals surface area contributed by atoms with E-state index in [0.29, 0.717) is 33.3 Å². The van der Waals surface area contributed by atoms with E-state index in [-0.39, 0.29) is 0 Å². The van der Waals surface area contributed by atoms with Crippen molar-refractivity contribution in [3.63, 3.8) is 0 Å². The Balaban J connectivity index is 1.31. The molecule has 1 amide bonds. The lowest BCUT2D eigenvalue weighted by Crippen LogP contribution is -2.17. The predicted molar refractivity (Wildman–Crippen MR) is 158 cm³/mol. The van der Waals surface area contributed by atoms with Gasteiger partial charge in [-0.3, -0.25) is 10.1 Å². The summed E-state index contributed by atoms with van der Waals surface area (Å²) in [4.78, 5) is 24.7. The van der Waals surface area contributed by atoms with Crippen molar-refractivity contribution in [2.24, 2.45) is 0 Å². The SMILES string of the molecule is Cc1noc(-c2ccc(-c3ccc(C(C(=O)O)c4ccccc4)cc3)cc2)c1NC(=O)O[C@H](C)c1ccccc1Cl. The quantitative estimate of drug-likeness (QED) is 0.195. The maximum Gasteiger partial charge on any atom is 0.412 e. The largest absolute Gasteiger partial charge is 0.481 e. The zero-order chi connectivity index (χ0) is 28.9. The highest BCUT2D eigenvalue weighted by atomic mass is 35.5. The van der Waals surface area contributed by atoms with Gasteiger partial charge in [-0.1, -0.05) is 114 Å². The maximum atomic E-state index is 12.7. The highest BCUT2D eigenvalue weighted by Crippen LogP contribution is 2.34. The van der Waals surface area contributed by atoms with Gasteiger partial charge in [0, 0.05) is 16.1 Å². The number of hydrogen-bond donors (Lipinski definition) is 2. The standard InChI is InChI=1S/C33H27ClN2O5/c1-20-30(35-33(39)40-21(2)27-10-6-7-11-28(27)34)31(41-36-20)26-18-14-23(15-19-26)22-12-16-25(17-13-22)29(32(37)38)24-8-4-3-5-9-24/h3-19,21,29H,1-2H3,(H,35,39)(H,37,38)/t21-,29?/m1/s1. The van der Waals surface area contributed by atoms with Gasteiger partial charge < -0.3 is 14.4 Å². The van der Waals surface area contributed by atoms with E-state index in [0.717, 1.165) is 22.3 Å². The van der Waals surface area contributed by atoms with Crippen molar-refractivity contribution in [1.82, 2.24) is 5.16 Å². The molecule has 41 heavy (non-hydrogen) atoms. The van der Waals surface area contributed by atoms with Gasteiger partial charge in [0.05, 0.1) is 0 Å². The average molecular weight is 567 g/mol. The molecule has 1 heterocycles. The van der Waals surface area contributed by atoms with Gasteiger partial charge in [-0.2, -0.15) is 0 Å². The van der Waals surface area contributed by atoms with Crippen LogP contribution in [0.5, 0.6) is 0 Å². The number of carboxylic acids is 1. The molecular formula is C33H27ClN2O5. The summed E-state index contributed by atoms with van der Waals surface area (Å²) in [5, 5.41) is 17.1. The van der Waals surface area contributed by atoms with Gasteiger partial charge in [0.25, 0.3) is 0 Å². The summed E-state index contributed by atoms with van der Waals surface area (Å²) in [6, 6.07) is 31.5. The molecule has 0 spiro atoms. The summed E-state index contributed by atoms with van der Waals surface area (Å²) < 4.78 is 11.1. The van der Waals surface area contributed by atoms with E-state index < -0.39 is 24.1 Å². The Morgan fingerprint density at radius 1 is 0.829 bits per heavy atom. The van der Waals surface area contributed by atoms with Gasteiger partial charge in [-0.25, -0.2) is 4.79 Å². The van der Waals surface area contributed by atoms with Crippen LogP contribution in [-0.4, -0.2) is 22.3 Å². The fraction of sp³-hybridized carbons (Fsp3) is 0.121. The topological polar surface area (TPSA) is 102 Å². The predicted octanol–water partition coefficient (Wildman–Crippen LogP) is 8.50. The minimum atomic E-state index is -0.901. The first kappa shape index (κ1) is 27.7. The molecule has 0 bridgehead atoms. The highest BCUT2D eigenvalue weighted by Gasteiger charge is 2.23. The third-order valence-corrected chi connectivity index (χ3v) is 7.17. The van der Waals surface area contributed by atoms with Gasteiger partial charge in [0.1, 0.15) is 23.4 Å². The minimum Gasteiger partial charge on any atom is -0.481 e. The third-order valence-electron chi connectivity index (χ3n) is 6.82. The summed E-state index contributed by atoms with van der Waals surface area (Å²) in [5.74, 6) is -1.24. The lowest BCUT2D eigenvalue weighted by Gasteiger charge is -2.15. The van der Waals surface area contributed by atoms with Crippen molar-refractivity contribution < 1.29 is 24.0 Å². The summed E-state index contributed by atoms with van der Waals surface area (Å²) in [7, 11) is 0. The number of carbonyl (C=O) groups is 2. The summed E-state index contributed by atoms with van der Waals surface area (Å²) in [5.41, 5.74) is 5.64. The molecule has 7 nitrogen and oxygen atoms in total. The first-order valence-electron chi connectivity index (χ1n) is 13.0. The number of carbonyl (C=O) groups excluding carboxylic acids is 1. The van der Waals surface area contributed by atoms with E-state index in [9.17, 15) is 14.7 Å². The number of aryl methyl sites for hydroxylation is 1. The molecule has 5 rings (SSSR count). The molecule has 5 aromatic rings. The monoisotopic (exact) mass is 566 g/mol. The number of anilines is 1. The molecule has 4 aromatic carbocycles. The van der Waals surface area contributed by atoms with Crippen molar-refractivity contribution >= 4 is 29.4 Å². The van der Waals surface area contributed by atoms with Crippen molar-refractivity contribution in [2.45, 2.75) is 25.9 Å². The van der Waals surface area contributed by atoms with Crippen LogP contribution in [0, 0.1) is 6.92 Å². The second-order valence-electron chi connectivity index (χ2n) is 9.55. The Bertz CT molecular complexity index is 1660. The fourth-order valence-electron chi connectivity index (χ4n) is 4.68. The third kappa shape index (κ3) is 6.15. The number of benzene rings is 4. The molecule has 1 aromatic heterocycles. The Labute approximate surface area is 242 Å². The van der Waals surface area contributed by atoms with Crippen molar-refractivity contribution in [3.8, 4) is 22.5 Å². The smallest absolute Gasteiger partial charge is 0.412 e. The fourth-order valence-corrected chi connectivity index (χ4v) is 4.97. The first-order chi connectivity index (χ1) is 19.8. The number of rotatable bonds is 8. The Morgan fingerprint density at radius 3 is 2.02 bits per heavy atom. The zero-order valence-electron chi connectivity index (χ0n) is 22.4. The number of halogens is 1. The Hall–Kier alpha value is -4.88. The van der Waals surface area contributed by atoms with Gasteiger partial charge in [0.2, 0.25) is 0 Å². The van der Waals surface area contributed by atoms with Crippen LogP contribution in [0.15, 0.2) is 108 Å². The van der Waals surface area contributed by atoms with Crippen LogP contribution >= 0.6 is 11.6 Å². The Kier molecular flexibility index (Phi) is 8.17. The second kappa shape index (κ2) is 12.1. The average Bonchev–Trinajstić information content (AvgIpc) is 3.33. The highest BCUT2D eigenvalue weighted by molar-refractivity contribution is 6.31. The molecule has 0 fully saturated rings. The molecule has 206 valence electrons. The minimum absolute atomic E-state index is 0.402. The molecule has 1 unspecified atom stereocenters. The van der Waals surface area contributed by atoms with Gasteiger partial charge in [-0.15, -0.1) is 0 Å². The summed E-state index contributed by atoms with van der Waals surface area (Å²) in [6.45, 7) is 3.48. The van der Waals surface area contributed by atoms with Crippen molar-refractivity contribution in [3.05, 3.63) is 131 Å². The van der Waals surface area contributed by atoms with Gasteiger partial charge >= 0.3 is 12.1 Å². The van der Waals surface area contributed by atoms with Crippen LogP contribution in [-0.2, 0) is 9.53 Å². The Morgan fingerprint density at radius 2 is 1.39 bits per heavy atom. The van der Waals surface area contributed by atoms with Crippen LogP contribution < -0.4 is 5.32 Å². The zero-order valence-corrected chi connectivity index (χ0v) is 23.1. The van der Waals surface area contributed by atoms with Crippen molar-refractivity contribution in [2.75, 3.05) is 5.32 Å². The molecule has 0 aliphatic heterocycles.